The van der Waals surface area contributed by atoms with Crippen molar-refractivity contribution in [2.75, 3.05) is 26.2 Å². The first kappa shape index (κ1) is 19.6. The highest BCUT2D eigenvalue weighted by Gasteiger charge is 2.40. The number of hydrogen-bond donors (Lipinski definition) is 0. The van der Waals surface area contributed by atoms with Crippen LogP contribution in [0.25, 0.3) is 0 Å². The molecule has 0 aliphatic carbocycles. The van der Waals surface area contributed by atoms with Crippen molar-refractivity contribution >= 4 is 12.0 Å². The van der Waals surface area contributed by atoms with Crippen LogP contribution in [-0.4, -0.2) is 59.7 Å². The molecule has 0 spiro atoms. The molecule has 2 unspecified atom stereocenters. The van der Waals surface area contributed by atoms with Crippen molar-refractivity contribution in [3.63, 3.8) is 0 Å². The van der Waals surface area contributed by atoms with Crippen LogP contribution >= 0.6 is 0 Å². The van der Waals surface area contributed by atoms with Gasteiger partial charge in [0.1, 0.15) is 23.6 Å². The minimum absolute atomic E-state index is 0.122. The molecule has 2 aliphatic heterocycles. The lowest BCUT2D eigenvalue weighted by atomic mass is 10.1. The van der Waals surface area contributed by atoms with Crippen LogP contribution in [0.2, 0.25) is 0 Å². The van der Waals surface area contributed by atoms with Gasteiger partial charge in [0.05, 0.1) is 13.2 Å². The highest BCUT2D eigenvalue weighted by Crippen LogP contribution is 2.27. The Kier molecular flexibility index (Phi) is 5.69. The van der Waals surface area contributed by atoms with Crippen LogP contribution in [0.1, 0.15) is 45.3 Å². The number of rotatable bonds is 2. The number of benzene rings is 1. The molecular formula is C20H27FN2O4. The van der Waals surface area contributed by atoms with E-state index in [0.29, 0.717) is 31.7 Å². The van der Waals surface area contributed by atoms with Gasteiger partial charge in [0.25, 0.3) is 0 Å². The maximum atomic E-state index is 14.1. The van der Waals surface area contributed by atoms with Crippen LogP contribution in [0.3, 0.4) is 0 Å². The maximum absolute atomic E-state index is 14.1. The largest absolute Gasteiger partial charge is 0.444 e. The van der Waals surface area contributed by atoms with Gasteiger partial charge in [-0.2, -0.15) is 0 Å². The van der Waals surface area contributed by atoms with Crippen LogP contribution in [-0.2, 0) is 14.3 Å². The molecule has 0 bridgehead atoms. The van der Waals surface area contributed by atoms with Crippen molar-refractivity contribution in [2.24, 2.45) is 0 Å². The van der Waals surface area contributed by atoms with E-state index in [-0.39, 0.29) is 18.3 Å². The second-order valence-corrected chi connectivity index (χ2v) is 8.00. The Morgan fingerprint density at radius 1 is 1.22 bits per heavy atom. The number of ether oxygens (including phenoxy) is 2. The molecule has 27 heavy (non-hydrogen) atoms. The van der Waals surface area contributed by atoms with Gasteiger partial charge in [-0.3, -0.25) is 9.69 Å². The zero-order valence-electron chi connectivity index (χ0n) is 16.1. The second kappa shape index (κ2) is 7.84. The Balaban J connectivity index is 1.69. The molecule has 2 fully saturated rings. The Morgan fingerprint density at radius 2 is 1.96 bits per heavy atom. The number of carbonyl (C=O) groups excluding carboxylic acids is 2. The number of likely N-dealkylation sites (tertiary alicyclic amines) is 1. The van der Waals surface area contributed by atoms with Crippen LogP contribution in [0, 0.1) is 5.82 Å². The molecule has 2 atom stereocenters. The van der Waals surface area contributed by atoms with Gasteiger partial charge in [-0.25, -0.2) is 9.18 Å². The molecule has 6 nitrogen and oxygen atoms in total. The summed E-state index contributed by atoms with van der Waals surface area (Å²) in [6, 6.07) is 5.92. The van der Waals surface area contributed by atoms with E-state index in [2.05, 4.69) is 0 Å². The van der Waals surface area contributed by atoms with E-state index >= 15 is 0 Å². The third-order valence-corrected chi connectivity index (χ3v) is 4.80. The standard InChI is InChI=1S/C20H27FN2O4/c1-20(2,3)27-19(25)23-10-6-9-16(23)18(24)22-11-12-26-17(13-22)14-7-4-5-8-15(14)21/h4-5,7-8,16-17H,6,9-13H2,1-3H3. The summed E-state index contributed by atoms with van der Waals surface area (Å²) in [7, 11) is 0. The minimum Gasteiger partial charge on any atom is -0.444 e. The fraction of sp³-hybridized carbons (Fsp3) is 0.600. The number of nitrogens with zero attached hydrogens (tertiary/aromatic N) is 2. The van der Waals surface area contributed by atoms with Gasteiger partial charge >= 0.3 is 6.09 Å². The summed E-state index contributed by atoms with van der Waals surface area (Å²) in [5, 5.41) is 0. The van der Waals surface area contributed by atoms with Crippen molar-refractivity contribution in [1.82, 2.24) is 9.80 Å². The topological polar surface area (TPSA) is 59.1 Å². The van der Waals surface area contributed by atoms with Gasteiger partial charge in [-0.1, -0.05) is 18.2 Å². The number of morpholine rings is 1. The lowest BCUT2D eigenvalue weighted by Gasteiger charge is -2.36. The quantitative estimate of drug-likeness (QED) is 0.793. The van der Waals surface area contributed by atoms with E-state index in [1.165, 1.54) is 11.0 Å². The lowest BCUT2D eigenvalue weighted by molar-refractivity contribution is -0.143. The van der Waals surface area contributed by atoms with Gasteiger partial charge in [0, 0.05) is 18.7 Å². The number of amides is 2. The first-order valence-electron chi connectivity index (χ1n) is 9.41. The van der Waals surface area contributed by atoms with Gasteiger partial charge in [0.15, 0.2) is 0 Å². The van der Waals surface area contributed by atoms with E-state index in [1.807, 2.05) is 0 Å². The summed E-state index contributed by atoms with van der Waals surface area (Å²) in [4.78, 5) is 28.7. The van der Waals surface area contributed by atoms with E-state index < -0.39 is 23.8 Å². The number of carbonyl (C=O) groups is 2. The zero-order valence-corrected chi connectivity index (χ0v) is 16.1. The van der Waals surface area contributed by atoms with E-state index in [0.717, 1.165) is 6.42 Å². The first-order valence-corrected chi connectivity index (χ1v) is 9.41. The van der Waals surface area contributed by atoms with E-state index in [9.17, 15) is 14.0 Å². The summed E-state index contributed by atoms with van der Waals surface area (Å²) < 4.78 is 25.2. The molecule has 3 rings (SSSR count). The van der Waals surface area contributed by atoms with Crippen molar-refractivity contribution in [3.8, 4) is 0 Å². The van der Waals surface area contributed by atoms with Gasteiger partial charge in [-0.05, 0) is 39.7 Å². The molecule has 2 aliphatic rings. The molecule has 0 saturated carbocycles. The highest BCUT2D eigenvalue weighted by molar-refractivity contribution is 5.86. The molecule has 2 saturated heterocycles. The molecular weight excluding hydrogens is 351 g/mol. The van der Waals surface area contributed by atoms with Crippen molar-refractivity contribution in [1.29, 1.82) is 0 Å². The fourth-order valence-corrected chi connectivity index (χ4v) is 3.55. The summed E-state index contributed by atoms with van der Waals surface area (Å²) in [5.41, 5.74) is -0.159. The molecule has 7 heteroatoms. The second-order valence-electron chi connectivity index (χ2n) is 8.00. The Hall–Kier alpha value is -2.15. The summed E-state index contributed by atoms with van der Waals surface area (Å²) >= 11 is 0. The third-order valence-electron chi connectivity index (χ3n) is 4.80. The Morgan fingerprint density at radius 3 is 2.67 bits per heavy atom. The van der Waals surface area contributed by atoms with Crippen molar-refractivity contribution in [2.45, 2.75) is 51.4 Å². The SMILES string of the molecule is CC(C)(C)OC(=O)N1CCCC1C(=O)N1CCOC(c2ccccc2F)C1. The molecule has 148 valence electrons. The number of halogens is 1. The van der Waals surface area contributed by atoms with Crippen LogP contribution in [0.5, 0.6) is 0 Å². The maximum Gasteiger partial charge on any atom is 0.410 e. The van der Waals surface area contributed by atoms with Crippen LogP contribution in [0.15, 0.2) is 24.3 Å². The van der Waals surface area contributed by atoms with Crippen LogP contribution < -0.4 is 0 Å². The van der Waals surface area contributed by atoms with Gasteiger partial charge in [0.2, 0.25) is 5.91 Å². The summed E-state index contributed by atoms with van der Waals surface area (Å²) in [6.45, 7) is 6.97. The summed E-state index contributed by atoms with van der Waals surface area (Å²) in [6.07, 6.45) is 0.411. The molecule has 2 heterocycles. The monoisotopic (exact) mass is 378 g/mol. The summed E-state index contributed by atoms with van der Waals surface area (Å²) in [5.74, 6) is -0.462. The average Bonchev–Trinajstić information content (AvgIpc) is 3.10. The molecule has 0 radical (unpaired) electrons. The highest BCUT2D eigenvalue weighted by atomic mass is 19.1. The third kappa shape index (κ3) is 4.58. The Labute approximate surface area is 159 Å². The Bertz CT molecular complexity index is 703. The van der Waals surface area contributed by atoms with E-state index in [4.69, 9.17) is 9.47 Å². The van der Waals surface area contributed by atoms with Gasteiger partial charge in [-0.15, -0.1) is 0 Å². The predicted octanol–water partition coefficient (Wildman–Crippen LogP) is 3.13. The smallest absolute Gasteiger partial charge is 0.410 e. The zero-order chi connectivity index (χ0) is 19.6. The molecule has 1 aromatic rings. The first-order chi connectivity index (χ1) is 12.8. The minimum atomic E-state index is -0.609. The van der Waals surface area contributed by atoms with E-state index in [1.54, 1.807) is 43.9 Å². The lowest BCUT2D eigenvalue weighted by Crippen LogP contribution is -2.52. The molecule has 0 aromatic heterocycles. The number of hydrogen-bond acceptors (Lipinski definition) is 4. The molecule has 1 aromatic carbocycles. The van der Waals surface area contributed by atoms with Gasteiger partial charge < -0.3 is 14.4 Å². The van der Waals surface area contributed by atoms with Crippen molar-refractivity contribution in [3.05, 3.63) is 35.6 Å². The van der Waals surface area contributed by atoms with Crippen molar-refractivity contribution < 1.29 is 23.5 Å². The molecule has 2 amide bonds. The predicted molar refractivity (Wildman–Crippen MR) is 97.6 cm³/mol. The van der Waals surface area contributed by atoms with Crippen LogP contribution in [0.4, 0.5) is 9.18 Å². The normalized spacial score (nSPS) is 23.4. The molecule has 0 N–H and O–H groups in total. The average molecular weight is 378 g/mol. The fourth-order valence-electron chi connectivity index (χ4n) is 3.55.